The number of rotatable bonds is 9. The predicted molar refractivity (Wildman–Crippen MR) is 134 cm³/mol. The van der Waals surface area contributed by atoms with Gasteiger partial charge in [0.15, 0.2) is 18.1 Å². The van der Waals surface area contributed by atoms with E-state index in [-0.39, 0.29) is 23.8 Å². The molecule has 3 aromatic rings. The summed E-state index contributed by atoms with van der Waals surface area (Å²) < 4.78 is 17.2. The summed E-state index contributed by atoms with van der Waals surface area (Å²) in [7, 11) is 1.43. The summed E-state index contributed by atoms with van der Waals surface area (Å²) in [5.41, 5.74) is 3.15. The molecule has 0 aliphatic rings. The van der Waals surface area contributed by atoms with Crippen molar-refractivity contribution in [3.8, 4) is 17.2 Å². The van der Waals surface area contributed by atoms with Crippen molar-refractivity contribution in [2.45, 2.75) is 0 Å². The predicted octanol–water partition coefficient (Wildman–Crippen LogP) is 4.88. The van der Waals surface area contributed by atoms with Gasteiger partial charge in [-0.1, -0.05) is 22.0 Å². The van der Waals surface area contributed by atoms with Crippen molar-refractivity contribution in [3.63, 3.8) is 0 Å². The lowest BCUT2D eigenvalue weighted by Crippen LogP contribution is -2.24. The molecule has 0 heterocycles. The Morgan fingerprint density at radius 2 is 1.83 bits per heavy atom. The molecule has 0 aromatic heterocycles. The molecule has 0 unspecified atom stereocenters. The number of nitrogens with one attached hydrogen (secondary N) is 1. The van der Waals surface area contributed by atoms with E-state index in [1.807, 2.05) is 0 Å². The first-order chi connectivity index (χ1) is 16.8. The first-order valence-corrected chi connectivity index (χ1v) is 11.4. The van der Waals surface area contributed by atoms with E-state index >= 15 is 0 Å². The molecule has 0 saturated carbocycles. The maximum Gasteiger partial charge on any atom is 0.343 e. The van der Waals surface area contributed by atoms with Gasteiger partial charge in [-0.15, -0.1) is 0 Å². The SMILES string of the molecule is COc1cc(/C=N\NC(=O)COc2ccc([N+](=O)[O-])cc2Br)ccc1OC(=O)c1cccc(Br)c1. The van der Waals surface area contributed by atoms with Crippen molar-refractivity contribution >= 4 is 55.6 Å². The highest BCUT2D eigenvalue weighted by atomic mass is 79.9. The van der Waals surface area contributed by atoms with E-state index in [2.05, 4.69) is 42.4 Å². The second kappa shape index (κ2) is 12.1. The van der Waals surface area contributed by atoms with Crippen LogP contribution in [-0.4, -0.2) is 36.7 Å². The van der Waals surface area contributed by atoms with Crippen LogP contribution < -0.4 is 19.6 Å². The number of methoxy groups -OCH3 is 1. The number of nitro benzene ring substituents is 1. The van der Waals surface area contributed by atoms with Crippen LogP contribution in [-0.2, 0) is 4.79 Å². The lowest BCUT2D eigenvalue weighted by atomic mass is 10.2. The van der Waals surface area contributed by atoms with Gasteiger partial charge in [0, 0.05) is 16.6 Å². The number of benzene rings is 3. The largest absolute Gasteiger partial charge is 0.493 e. The molecule has 180 valence electrons. The van der Waals surface area contributed by atoms with Gasteiger partial charge in [0.05, 0.1) is 28.3 Å². The van der Waals surface area contributed by atoms with Gasteiger partial charge in [-0.05, 0) is 64.0 Å². The van der Waals surface area contributed by atoms with E-state index in [0.29, 0.717) is 21.3 Å². The van der Waals surface area contributed by atoms with Crippen LogP contribution in [0.25, 0.3) is 0 Å². The second-order valence-corrected chi connectivity index (χ2v) is 8.53. The highest BCUT2D eigenvalue weighted by molar-refractivity contribution is 9.10. The number of hydrogen-bond acceptors (Lipinski definition) is 8. The van der Waals surface area contributed by atoms with E-state index in [4.69, 9.17) is 14.2 Å². The standard InChI is InChI=1S/C23H17Br2N3O7/c1-33-21-9-14(5-7-20(21)35-23(30)15-3-2-4-16(24)10-15)12-26-27-22(29)13-34-19-8-6-17(28(31)32)11-18(19)25/h2-12H,13H2,1H3,(H,27,29)/b26-12-. The molecule has 1 amide bonds. The number of non-ortho nitro benzene ring substituents is 1. The number of ether oxygens (including phenoxy) is 3. The second-order valence-electron chi connectivity index (χ2n) is 6.76. The Morgan fingerprint density at radius 1 is 1.06 bits per heavy atom. The monoisotopic (exact) mass is 605 g/mol. The molecule has 0 atom stereocenters. The first-order valence-electron chi connectivity index (χ1n) is 9.81. The summed E-state index contributed by atoms with van der Waals surface area (Å²) in [6.07, 6.45) is 1.38. The maximum absolute atomic E-state index is 12.4. The minimum absolute atomic E-state index is 0.109. The highest BCUT2D eigenvalue weighted by Gasteiger charge is 2.14. The van der Waals surface area contributed by atoms with Crippen LogP contribution in [0.2, 0.25) is 0 Å². The first kappa shape index (κ1) is 25.8. The van der Waals surface area contributed by atoms with Crippen LogP contribution >= 0.6 is 31.9 Å². The van der Waals surface area contributed by atoms with Gasteiger partial charge in [-0.25, -0.2) is 10.2 Å². The van der Waals surface area contributed by atoms with E-state index in [1.165, 1.54) is 31.5 Å². The normalized spacial score (nSPS) is 10.6. The molecule has 0 aliphatic heterocycles. The number of nitro groups is 1. The third kappa shape index (κ3) is 7.36. The Balaban J connectivity index is 1.56. The molecule has 12 heteroatoms. The summed E-state index contributed by atoms with van der Waals surface area (Å²) in [4.78, 5) is 34.6. The van der Waals surface area contributed by atoms with Gasteiger partial charge in [0.1, 0.15) is 5.75 Å². The number of hydrazone groups is 1. The molecular formula is C23H17Br2N3O7. The van der Waals surface area contributed by atoms with E-state index in [0.717, 1.165) is 4.47 Å². The molecule has 0 bridgehead atoms. The smallest absolute Gasteiger partial charge is 0.343 e. The average Bonchev–Trinajstić information content (AvgIpc) is 2.83. The molecule has 0 radical (unpaired) electrons. The summed E-state index contributed by atoms with van der Waals surface area (Å²) >= 11 is 6.47. The van der Waals surface area contributed by atoms with E-state index < -0.39 is 16.8 Å². The van der Waals surface area contributed by atoms with Gasteiger partial charge in [0.25, 0.3) is 11.6 Å². The number of nitrogens with zero attached hydrogens (tertiary/aromatic N) is 2. The summed E-state index contributed by atoms with van der Waals surface area (Å²) in [5, 5.41) is 14.6. The molecule has 0 aliphatic carbocycles. The van der Waals surface area contributed by atoms with Gasteiger partial charge >= 0.3 is 5.97 Å². The third-order valence-electron chi connectivity index (χ3n) is 4.34. The number of amides is 1. The molecule has 10 nitrogen and oxygen atoms in total. The minimum atomic E-state index is -0.544. The highest BCUT2D eigenvalue weighted by Crippen LogP contribution is 2.30. The molecular weight excluding hydrogens is 590 g/mol. The third-order valence-corrected chi connectivity index (χ3v) is 5.45. The fraction of sp³-hybridized carbons (Fsp3) is 0.0870. The van der Waals surface area contributed by atoms with E-state index in [9.17, 15) is 19.7 Å². The fourth-order valence-electron chi connectivity index (χ4n) is 2.70. The molecule has 35 heavy (non-hydrogen) atoms. The number of carbonyl (C=O) groups is 2. The van der Waals surface area contributed by atoms with Gasteiger partial charge in [-0.3, -0.25) is 14.9 Å². The lowest BCUT2D eigenvalue weighted by molar-refractivity contribution is -0.384. The lowest BCUT2D eigenvalue weighted by Gasteiger charge is -2.10. The van der Waals surface area contributed by atoms with Gasteiger partial charge in [0.2, 0.25) is 0 Å². The van der Waals surface area contributed by atoms with Crippen molar-refractivity contribution in [3.05, 3.63) is 90.9 Å². The zero-order valence-corrected chi connectivity index (χ0v) is 21.2. The van der Waals surface area contributed by atoms with Crippen molar-refractivity contribution in [1.82, 2.24) is 5.43 Å². The quantitative estimate of drug-likeness (QED) is 0.121. The molecule has 0 fully saturated rings. The average molecular weight is 607 g/mol. The maximum atomic E-state index is 12.4. The Hall–Kier alpha value is -3.77. The van der Waals surface area contributed by atoms with Crippen LogP contribution in [0.4, 0.5) is 5.69 Å². The molecule has 0 spiro atoms. The van der Waals surface area contributed by atoms with Crippen molar-refractivity contribution < 1.29 is 28.7 Å². The van der Waals surface area contributed by atoms with Crippen molar-refractivity contribution in [2.75, 3.05) is 13.7 Å². The Morgan fingerprint density at radius 3 is 2.51 bits per heavy atom. The van der Waals surface area contributed by atoms with Gasteiger partial charge < -0.3 is 14.2 Å². The summed E-state index contributed by atoms with van der Waals surface area (Å²) in [6.45, 7) is -0.360. The Kier molecular flexibility index (Phi) is 8.92. The van der Waals surface area contributed by atoms with E-state index in [1.54, 1.807) is 42.5 Å². The zero-order valence-electron chi connectivity index (χ0n) is 18.1. The topological polar surface area (TPSA) is 129 Å². The Labute approximate surface area is 216 Å². The van der Waals surface area contributed by atoms with Crippen LogP contribution in [0.15, 0.2) is 74.7 Å². The summed E-state index contributed by atoms with van der Waals surface area (Å²) in [6, 6.07) is 15.5. The molecule has 3 rings (SSSR count). The number of halogens is 2. The van der Waals surface area contributed by atoms with Crippen LogP contribution in [0.5, 0.6) is 17.2 Å². The van der Waals surface area contributed by atoms with Crippen molar-refractivity contribution in [1.29, 1.82) is 0 Å². The minimum Gasteiger partial charge on any atom is -0.493 e. The van der Waals surface area contributed by atoms with Crippen LogP contribution in [0, 0.1) is 10.1 Å². The Bertz CT molecular complexity index is 1300. The fourth-order valence-corrected chi connectivity index (χ4v) is 3.58. The number of hydrogen-bond donors (Lipinski definition) is 1. The zero-order chi connectivity index (χ0) is 25.4. The molecule has 3 aromatic carbocycles. The van der Waals surface area contributed by atoms with Crippen molar-refractivity contribution in [2.24, 2.45) is 5.10 Å². The number of carbonyl (C=O) groups excluding carboxylic acids is 2. The van der Waals surface area contributed by atoms with Crippen LogP contribution in [0.3, 0.4) is 0 Å². The molecule has 0 saturated heterocycles. The molecule has 1 N–H and O–H groups in total. The van der Waals surface area contributed by atoms with Crippen LogP contribution in [0.1, 0.15) is 15.9 Å². The summed E-state index contributed by atoms with van der Waals surface area (Å²) in [5.74, 6) is -0.292. The van der Waals surface area contributed by atoms with Gasteiger partial charge in [-0.2, -0.15) is 5.10 Å². The number of esters is 1.